The number of piperazine rings is 1. The van der Waals surface area contributed by atoms with Gasteiger partial charge in [0, 0.05) is 44.1 Å². The first-order chi connectivity index (χ1) is 20.8. The molecule has 43 heavy (non-hydrogen) atoms. The van der Waals surface area contributed by atoms with Crippen LogP contribution in [-0.4, -0.2) is 69.4 Å². The fourth-order valence-electron chi connectivity index (χ4n) is 4.97. The third-order valence-corrected chi connectivity index (χ3v) is 7.51. The van der Waals surface area contributed by atoms with Crippen molar-refractivity contribution in [2.24, 2.45) is 0 Å². The SMILES string of the molecule is O=C(COc1ccc2cc1CCc1cncc(c1)Nc1ncc(Cl)c(n1)N2)N1CCN(C(=O)c2ccc(F)cc2F)CC1. The number of ether oxygens (including phenoxy) is 1. The van der Waals surface area contributed by atoms with E-state index in [-0.39, 0.29) is 44.3 Å². The zero-order chi connectivity index (χ0) is 29.9. The third-order valence-electron chi connectivity index (χ3n) is 7.23. The summed E-state index contributed by atoms with van der Waals surface area (Å²) in [7, 11) is 0. The van der Waals surface area contributed by atoms with Crippen molar-refractivity contribution in [1.82, 2.24) is 24.8 Å². The van der Waals surface area contributed by atoms with Crippen LogP contribution in [0.2, 0.25) is 5.02 Å². The fourth-order valence-corrected chi connectivity index (χ4v) is 5.11. The lowest BCUT2D eigenvalue weighted by atomic mass is 10.0. The van der Waals surface area contributed by atoms with Crippen LogP contribution in [0.3, 0.4) is 0 Å². The van der Waals surface area contributed by atoms with Gasteiger partial charge in [0.25, 0.3) is 11.8 Å². The molecule has 2 amide bonds. The van der Waals surface area contributed by atoms with E-state index in [1.54, 1.807) is 23.4 Å². The predicted molar refractivity (Wildman–Crippen MR) is 156 cm³/mol. The number of rotatable bonds is 4. The smallest absolute Gasteiger partial charge is 0.260 e. The first-order valence-corrected chi connectivity index (χ1v) is 14.0. The quantitative estimate of drug-likeness (QED) is 0.343. The maximum atomic E-state index is 14.1. The molecule has 4 heterocycles. The number of aromatic nitrogens is 3. The molecule has 4 aromatic rings. The summed E-state index contributed by atoms with van der Waals surface area (Å²) in [6, 6.07) is 10.4. The Morgan fingerprint density at radius 3 is 2.53 bits per heavy atom. The Labute approximate surface area is 250 Å². The second-order valence-electron chi connectivity index (χ2n) is 10.1. The second kappa shape index (κ2) is 12.2. The second-order valence-corrected chi connectivity index (χ2v) is 10.5. The molecule has 0 unspecified atom stereocenters. The number of fused-ring (bicyclic) bond motifs is 6. The molecular weight excluding hydrogens is 580 g/mol. The number of carbonyl (C=O) groups excluding carboxylic acids is 2. The van der Waals surface area contributed by atoms with Crippen molar-refractivity contribution in [1.29, 1.82) is 0 Å². The number of carbonyl (C=O) groups is 2. The monoisotopic (exact) mass is 605 g/mol. The molecule has 2 aromatic heterocycles. The lowest BCUT2D eigenvalue weighted by Crippen LogP contribution is -2.51. The topological polar surface area (TPSA) is 113 Å². The zero-order valence-electron chi connectivity index (χ0n) is 22.8. The summed E-state index contributed by atoms with van der Waals surface area (Å²) in [6.45, 7) is 0.796. The first kappa shape index (κ1) is 28.3. The number of benzene rings is 2. The van der Waals surface area contributed by atoms with E-state index in [1.807, 2.05) is 18.2 Å². The summed E-state index contributed by atoms with van der Waals surface area (Å²) in [5.41, 5.74) is 3.15. The molecule has 13 heteroatoms. The normalized spacial score (nSPS) is 14.4. The van der Waals surface area contributed by atoms with Crippen molar-refractivity contribution in [3.63, 3.8) is 0 Å². The largest absolute Gasteiger partial charge is 0.483 e. The maximum Gasteiger partial charge on any atom is 0.260 e. The predicted octanol–water partition coefficient (Wildman–Crippen LogP) is 4.75. The van der Waals surface area contributed by atoms with Crippen molar-refractivity contribution in [3.05, 3.63) is 94.4 Å². The van der Waals surface area contributed by atoms with Crippen LogP contribution in [0.5, 0.6) is 5.75 Å². The summed E-state index contributed by atoms with van der Waals surface area (Å²) in [6.07, 6.45) is 6.27. The Morgan fingerprint density at radius 2 is 1.72 bits per heavy atom. The highest BCUT2D eigenvalue weighted by Crippen LogP contribution is 2.30. The lowest BCUT2D eigenvalue weighted by Gasteiger charge is -2.34. The highest BCUT2D eigenvalue weighted by Gasteiger charge is 2.27. The molecular formula is C30H26ClF2N7O3. The van der Waals surface area contributed by atoms with Gasteiger partial charge in [-0.3, -0.25) is 14.6 Å². The highest BCUT2D eigenvalue weighted by molar-refractivity contribution is 6.32. The number of halogens is 3. The van der Waals surface area contributed by atoms with Gasteiger partial charge >= 0.3 is 0 Å². The number of anilines is 4. The van der Waals surface area contributed by atoms with Crippen molar-refractivity contribution in [2.45, 2.75) is 12.8 Å². The van der Waals surface area contributed by atoms with Gasteiger partial charge in [-0.2, -0.15) is 4.98 Å². The van der Waals surface area contributed by atoms with Crippen LogP contribution in [0.15, 0.2) is 61.1 Å². The minimum Gasteiger partial charge on any atom is -0.483 e. The van der Waals surface area contributed by atoms with Gasteiger partial charge in [0.15, 0.2) is 12.4 Å². The molecule has 2 N–H and O–H groups in total. The molecule has 6 rings (SSSR count). The number of pyridine rings is 1. The van der Waals surface area contributed by atoms with Gasteiger partial charge in [0.05, 0.1) is 23.6 Å². The van der Waals surface area contributed by atoms with Gasteiger partial charge in [-0.25, -0.2) is 13.8 Å². The van der Waals surface area contributed by atoms with Gasteiger partial charge in [0.2, 0.25) is 5.95 Å². The number of hydrogen-bond donors (Lipinski definition) is 2. The minimum atomic E-state index is -0.910. The van der Waals surface area contributed by atoms with Crippen molar-refractivity contribution in [3.8, 4) is 5.75 Å². The molecule has 0 saturated carbocycles. The van der Waals surface area contributed by atoms with Crippen LogP contribution in [0.1, 0.15) is 21.5 Å². The summed E-state index contributed by atoms with van der Waals surface area (Å²) < 4.78 is 33.3. The van der Waals surface area contributed by atoms with Crippen molar-refractivity contribution in [2.75, 3.05) is 43.4 Å². The fraction of sp³-hybridized carbons (Fsp3) is 0.233. The number of hydrogen-bond acceptors (Lipinski definition) is 8. The molecule has 1 saturated heterocycles. The number of amides is 2. The Balaban J connectivity index is 1.13. The van der Waals surface area contributed by atoms with E-state index in [1.165, 1.54) is 11.1 Å². The van der Waals surface area contributed by atoms with Crippen LogP contribution in [0.25, 0.3) is 0 Å². The lowest BCUT2D eigenvalue weighted by molar-refractivity contribution is -0.134. The summed E-state index contributed by atoms with van der Waals surface area (Å²) in [5.74, 6) is -1.07. The van der Waals surface area contributed by atoms with Crippen LogP contribution in [-0.2, 0) is 17.6 Å². The van der Waals surface area contributed by atoms with Crippen molar-refractivity contribution < 1.29 is 23.1 Å². The molecule has 220 valence electrons. The van der Waals surface area contributed by atoms with E-state index in [4.69, 9.17) is 16.3 Å². The molecule has 10 nitrogen and oxygen atoms in total. The Bertz CT molecular complexity index is 1700. The number of aryl methyl sites for hydroxylation is 2. The average molecular weight is 606 g/mol. The third kappa shape index (κ3) is 6.49. The van der Waals surface area contributed by atoms with Gasteiger partial charge in [-0.15, -0.1) is 0 Å². The highest BCUT2D eigenvalue weighted by atomic mass is 35.5. The minimum absolute atomic E-state index is 0.192. The van der Waals surface area contributed by atoms with Gasteiger partial charge in [-0.05, 0) is 60.4 Å². The van der Waals surface area contributed by atoms with Gasteiger partial charge in [-0.1, -0.05) is 11.6 Å². The first-order valence-electron chi connectivity index (χ1n) is 13.6. The average Bonchev–Trinajstić information content (AvgIpc) is 3.01. The van der Waals surface area contributed by atoms with E-state index in [2.05, 4.69) is 25.6 Å². The number of nitrogens with one attached hydrogen (secondary N) is 2. The number of nitrogens with zero attached hydrogens (tertiary/aromatic N) is 5. The van der Waals surface area contributed by atoms with Crippen LogP contribution in [0.4, 0.5) is 31.9 Å². The molecule has 2 aliphatic rings. The Kier molecular flexibility index (Phi) is 8.01. The molecule has 0 spiro atoms. The molecule has 2 aromatic carbocycles. The van der Waals surface area contributed by atoms with Gasteiger partial charge < -0.3 is 25.2 Å². The summed E-state index contributed by atoms with van der Waals surface area (Å²) >= 11 is 6.35. The van der Waals surface area contributed by atoms with Crippen molar-refractivity contribution >= 4 is 46.6 Å². The Morgan fingerprint density at radius 1 is 0.907 bits per heavy atom. The van der Waals surface area contributed by atoms with Gasteiger partial charge in [0.1, 0.15) is 22.4 Å². The molecule has 0 aliphatic carbocycles. The summed E-state index contributed by atoms with van der Waals surface area (Å²) in [4.78, 5) is 41.9. The van der Waals surface area contributed by atoms with E-state index >= 15 is 0 Å². The molecule has 6 bridgehead atoms. The van der Waals surface area contributed by atoms with E-state index in [0.717, 1.165) is 34.6 Å². The molecule has 0 atom stereocenters. The summed E-state index contributed by atoms with van der Waals surface area (Å²) in [5, 5.41) is 6.73. The standard InChI is InChI=1S/C30H26ClF2N7O3/c31-24-16-35-30-37-22-11-18(14-34-15-22)1-2-19-12-21(36-28(24)38-30)4-6-26(19)43-17-27(41)39-7-9-40(10-8-39)29(42)23-5-3-20(32)13-25(23)33/h3-6,11-16H,1-2,7-10,17H2,(H2,35,36,37,38). The van der Waals surface area contributed by atoms with E-state index < -0.39 is 17.5 Å². The van der Waals surface area contributed by atoms with E-state index in [0.29, 0.717) is 41.4 Å². The van der Waals surface area contributed by atoms with Crippen LogP contribution >= 0.6 is 11.6 Å². The maximum absolute atomic E-state index is 14.1. The Hall–Kier alpha value is -4.84. The van der Waals surface area contributed by atoms with Crippen LogP contribution < -0.4 is 15.4 Å². The molecule has 0 radical (unpaired) electrons. The zero-order valence-corrected chi connectivity index (χ0v) is 23.6. The van der Waals surface area contributed by atoms with E-state index in [9.17, 15) is 18.4 Å². The molecule has 2 aliphatic heterocycles. The molecule has 1 fully saturated rings. The van der Waals surface area contributed by atoms with Crippen LogP contribution in [0, 0.1) is 11.6 Å².